The second-order valence-corrected chi connectivity index (χ2v) is 4.85. The molecule has 1 saturated heterocycles. The van der Waals surface area contributed by atoms with Crippen molar-refractivity contribution in [2.45, 2.75) is 19.4 Å². The van der Waals surface area contributed by atoms with Crippen LogP contribution in [0.3, 0.4) is 0 Å². The predicted molar refractivity (Wildman–Crippen MR) is 65.7 cm³/mol. The highest BCUT2D eigenvalue weighted by Crippen LogP contribution is 2.25. The van der Waals surface area contributed by atoms with E-state index in [1.165, 1.54) is 18.4 Å². The minimum Gasteiger partial charge on any atom is -0.465 e. The fraction of sp³-hybridized carbons (Fsp3) is 0.636. The standard InChI is InChI=1S/C11H16N2O3S/c1-3-8-7-13(4-5-16-8)11-12-6-9(17-11)10(14)15-2/h6,8H,3-5,7H2,1-2H3. The van der Waals surface area contributed by atoms with Crippen molar-refractivity contribution in [2.75, 3.05) is 31.7 Å². The predicted octanol–water partition coefficient (Wildman–Crippen LogP) is 1.54. The Morgan fingerprint density at radius 2 is 2.59 bits per heavy atom. The number of carbonyl (C=O) groups is 1. The van der Waals surface area contributed by atoms with Gasteiger partial charge < -0.3 is 14.4 Å². The van der Waals surface area contributed by atoms with Gasteiger partial charge in [0, 0.05) is 13.1 Å². The lowest BCUT2D eigenvalue weighted by atomic mass is 10.2. The Morgan fingerprint density at radius 3 is 3.29 bits per heavy atom. The largest absolute Gasteiger partial charge is 0.465 e. The monoisotopic (exact) mass is 256 g/mol. The third-order valence-electron chi connectivity index (χ3n) is 2.74. The quantitative estimate of drug-likeness (QED) is 0.768. The smallest absolute Gasteiger partial charge is 0.349 e. The van der Waals surface area contributed by atoms with E-state index < -0.39 is 0 Å². The van der Waals surface area contributed by atoms with Gasteiger partial charge >= 0.3 is 5.97 Å². The lowest BCUT2D eigenvalue weighted by molar-refractivity contribution is 0.0384. The zero-order valence-electron chi connectivity index (χ0n) is 10.0. The van der Waals surface area contributed by atoms with E-state index in [0.29, 0.717) is 11.5 Å². The van der Waals surface area contributed by atoms with Crippen LogP contribution in [0.5, 0.6) is 0 Å². The van der Waals surface area contributed by atoms with Crippen LogP contribution in [0.25, 0.3) is 0 Å². The molecule has 0 saturated carbocycles. The average Bonchev–Trinajstić information content (AvgIpc) is 2.87. The number of nitrogens with zero attached hydrogens (tertiary/aromatic N) is 2. The summed E-state index contributed by atoms with van der Waals surface area (Å²) in [6, 6.07) is 0. The molecule has 0 aliphatic carbocycles. The molecule has 94 valence electrons. The summed E-state index contributed by atoms with van der Waals surface area (Å²) in [5.74, 6) is -0.325. The first-order valence-corrected chi connectivity index (χ1v) is 6.47. The van der Waals surface area contributed by atoms with E-state index in [1.54, 1.807) is 6.20 Å². The summed E-state index contributed by atoms with van der Waals surface area (Å²) in [5, 5.41) is 0.868. The summed E-state index contributed by atoms with van der Waals surface area (Å²) in [6.45, 7) is 4.48. The van der Waals surface area contributed by atoms with Gasteiger partial charge in [0.2, 0.25) is 0 Å². The van der Waals surface area contributed by atoms with Crippen molar-refractivity contribution in [2.24, 2.45) is 0 Å². The number of aromatic nitrogens is 1. The maximum absolute atomic E-state index is 11.3. The van der Waals surface area contributed by atoms with E-state index in [-0.39, 0.29) is 12.1 Å². The zero-order valence-corrected chi connectivity index (χ0v) is 10.8. The molecule has 1 aliphatic rings. The molecule has 2 heterocycles. The second kappa shape index (κ2) is 5.46. The highest BCUT2D eigenvalue weighted by atomic mass is 32.1. The van der Waals surface area contributed by atoms with Crippen molar-refractivity contribution < 1.29 is 14.3 Å². The van der Waals surface area contributed by atoms with Crippen LogP contribution in [0.15, 0.2) is 6.20 Å². The lowest BCUT2D eigenvalue weighted by Crippen LogP contribution is -2.42. The number of thiazole rings is 1. The molecule has 17 heavy (non-hydrogen) atoms. The highest BCUT2D eigenvalue weighted by Gasteiger charge is 2.22. The van der Waals surface area contributed by atoms with Gasteiger partial charge in [-0.15, -0.1) is 0 Å². The minimum absolute atomic E-state index is 0.259. The Balaban J connectivity index is 2.06. The summed E-state index contributed by atoms with van der Waals surface area (Å²) >= 11 is 1.37. The van der Waals surface area contributed by atoms with Crippen LogP contribution in [0.1, 0.15) is 23.0 Å². The molecule has 0 amide bonds. The van der Waals surface area contributed by atoms with E-state index in [0.717, 1.165) is 24.6 Å². The molecule has 1 aliphatic heterocycles. The number of rotatable bonds is 3. The van der Waals surface area contributed by atoms with Gasteiger partial charge in [-0.1, -0.05) is 18.3 Å². The minimum atomic E-state index is -0.325. The Kier molecular flexibility index (Phi) is 3.96. The van der Waals surface area contributed by atoms with Gasteiger partial charge in [0.1, 0.15) is 4.88 Å². The summed E-state index contributed by atoms with van der Waals surface area (Å²) in [5.41, 5.74) is 0. The van der Waals surface area contributed by atoms with Crippen LogP contribution in [-0.4, -0.2) is 43.9 Å². The lowest BCUT2D eigenvalue weighted by Gasteiger charge is -2.32. The third-order valence-corrected chi connectivity index (χ3v) is 3.78. The number of hydrogen-bond acceptors (Lipinski definition) is 6. The van der Waals surface area contributed by atoms with Crippen molar-refractivity contribution in [1.29, 1.82) is 0 Å². The highest BCUT2D eigenvalue weighted by molar-refractivity contribution is 7.17. The van der Waals surface area contributed by atoms with Crippen molar-refractivity contribution in [3.63, 3.8) is 0 Å². The summed E-state index contributed by atoms with van der Waals surface area (Å²) < 4.78 is 10.3. The molecule has 0 aromatic carbocycles. The Labute approximate surface area is 104 Å². The molecule has 0 bridgehead atoms. The molecule has 1 unspecified atom stereocenters. The summed E-state index contributed by atoms with van der Waals surface area (Å²) in [7, 11) is 1.38. The Hall–Kier alpha value is -1.14. The van der Waals surface area contributed by atoms with Gasteiger partial charge in [-0.2, -0.15) is 0 Å². The first-order valence-electron chi connectivity index (χ1n) is 5.65. The molecule has 0 N–H and O–H groups in total. The van der Waals surface area contributed by atoms with Crippen LogP contribution >= 0.6 is 11.3 Å². The van der Waals surface area contributed by atoms with Gasteiger partial charge in [0.25, 0.3) is 0 Å². The molecule has 6 heteroatoms. The fourth-order valence-electron chi connectivity index (χ4n) is 1.75. The van der Waals surface area contributed by atoms with Gasteiger partial charge in [-0.3, -0.25) is 0 Å². The molecule has 5 nitrogen and oxygen atoms in total. The number of ether oxygens (including phenoxy) is 2. The van der Waals surface area contributed by atoms with Gasteiger partial charge in [0.15, 0.2) is 5.13 Å². The molecule has 1 atom stereocenters. The maximum atomic E-state index is 11.3. The van der Waals surface area contributed by atoms with Gasteiger partial charge in [-0.25, -0.2) is 9.78 Å². The Bertz CT molecular complexity index is 394. The SMILES string of the molecule is CCC1CN(c2ncc(C(=O)OC)s2)CCO1. The third kappa shape index (κ3) is 2.76. The van der Waals surface area contributed by atoms with E-state index in [1.807, 2.05) is 0 Å². The zero-order chi connectivity index (χ0) is 12.3. The van der Waals surface area contributed by atoms with E-state index >= 15 is 0 Å². The van der Waals surface area contributed by atoms with Crippen molar-refractivity contribution in [3.8, 4) is 0 Å². The topological polar surface area (TPSA) is 51.7 Å². The van der Waals surface area contributed by atoms with Crippen LogP contribution < -0.4 is 4.90 Å². The number of esters is 1. The molecular weight excluding hydrogens is 240 g/mol. The first-order chi connectivity index (χ1) is 8.24. The normalized spacial score (nSPS) is 20.4. The second-order valence-electron chi connectivity index (χ2n) is 3.85. The van der Waals surface area contributed by atoms with Gasteiger partial charge in [-0.05, 0) is 6.42 Å². The molecule has 1 aromatic rings. The molecule has 1 fully saturated rings. The Morgan fingerprint density at radius 1 is 1.76 bits per heavy atom. The molecular formula is C11H16N2O3S. The van der Waals surface area contributed by atoms with Gasteiger partial charge in [0.05, 0.1) is 26.0 Å². The van der Waals surface area contributed by atoms with Crippen molar-refractivity contribution in [3.05, 3.63) is 11.1 Å². The number of hydrogen-bond donors (Lipinski definition) is 0. The van der Waals surface area contributed by atoms with E-state index in [9.17, 15) is 4.79 Å². The van der Waals surface area contributed by atoms with Crippen molar-refractivity contribution in [1.82, 2.24) is 4.98 Å². The van der Waals surface area contributed by atoms with Crippen LogP contribution in [0.4, 0.5) is 5.13 Å². The van der Waals surface area contributed by atoms with Crippen LogP contribution in [0.2, 0.25) is 0 Å². The van der Waals surface area contributed by atoms with Crippen molar-refractivity contribution >= 4 is 22.4 Å². The molecule has 0 spiro atoms. The number of carbonyl (C=O) groups excluding carboxylic acids is 1. The molecule has 0 radical (unpaired) electrons. The average molecular weight is 256 g/mol. The number of morpholine rings is 1. The van der Waals surface area contributed by atoms with Crippen LogP contribution in [0, 0.1) is 0 Å². The van der Waals surface area contributed by atoms with Crippen LogP contribution in [-0.2, 0) is 9.47 Å². The number of methoxy groups -OCH3 is 1. The first kappa shape index (κ1) is 12.3. The summed E-state index contributed by atoms with van der Waals surface area (Å²) in [6.07, 6.45) is 2.82. The molecule has 2 rings (SSSR count). The van der Waals surface area contributed by atoms with E-state index in [2.05, 4.69) is 21.5 Å². The van der Waals surface area contributed by atoms with E-state index in [4.69, 9.17) is 4.74 Å². The summed E-state index contributed by atoms with van der Waals surface area (Å²) in [4.78, 5) is 18.3. The number of anilines is 1. The fourth-order valence-corrected chi connectivity index (χ4v) is 2.62. The molecule has 1 aromatic heterocycles. The maximum Gasteiger partial charge on any atom is 0.349 e.